The number of carbonyl (C=O) groups is 2. The Morgan fingerprint density at radius 1 is 1.00 bits per heavy atom. The summed E-state index contributed by atoms with van der Waals surface area (Å²) < 4.78 is 5.54. The summed E-state index contributed by atoms with van der Waals surface area (Å²) in [5.41, 5.74) is 7.69. The van der Waals surface area contributed by atoms with Crippen LogP contribution in [0.4, 0.5) is 4.79 Å². The topological polar surface area (TPSA) is 112 Å². The Labute approximate surface area is 220 Å². The summed E-state index contributed by atoms with van der Waals surface area (Å²) in [7, 11) is 0. The molecule has 4 N–H and O–H groups in total. The highest BCUT2D eigenvalue weighted by Gasteiger charge is 2.29. The average Bonchev–Trinajstić information content (AvgIpc) is 3.48. The standard InChI is InChI=1S/C31H30N2O5/c34-27-11-5-10-23-24-16-18(12-13-26(24)33-29(23)27)30(36)28(35)14-15-32-31(37)38-17-25-21-8-3-1-6-19(21)20-7-2-4-9-22(20)25/h1-4,6-9,12-13,16,25,28,30,33,35-36H,5,10-11,14-15,17H2,(H,32,37). The van der Waals surface area contributed by atoms with E-state index in [0.29, 0.717) is 17.7 Å². The molecule has 2 unspecified atom stereocenters. The number of aliphatic hydroxyl groups excluding tert-OH is 2. The van der Waals surface area contributed by atoms with Gasteiger partial charge in [-0.25, -0.2) is 4.79 Å². The Morgan fingerprint density at radius 2 is 1.71 bits per heavy atom. The summed E-state index contributed by atoms with van der Waals surface area (Å²) >= 11 is 0. The molecule has 0 spiro atoms. The number of alkyl carbamates (subject to hydrolysis) is 1. The van der Waals surface area contributed by atoms with Gasteiger partial charge in [0.2, 0.25) is 0 Å². The highest BCUT2D eigenvalue weighted by Crippen LogP contribution is 2.44. The zero-order valence-corrected chi connectivity index (χ0v) is 20.9. The zero-order chi connectivity index (χ0) is 26.2. The second-order valence-electron chi connectivity index (χ2n) is 10.1. The molecule has 38 heavy (non-hydrogen) atoms. The van der Waals surface area contributed by atoms with Crippen LogP contribution in [-0.4, -0.2) is 46.3 Å². The quantitative estimate of drug-likeness (QED) is 0.279. The Hall–Kier alpha value is -3.94. The third-order valence-corrected chi connectivity index (χ3v) is 7.80. The minimum atomic E-state index is -1.12. The number of fused-ring (bicyclic) bond motifs is 6. The molecule has 0 radical (unpaired) electrons. The lowest BCUT2D eigenvalue weighted by atomic mass is 9.93. The fraction of sp³-hybridized carbons (Fsp3) is 0.290. The van der Waals surface area contributed by atoms with E-state index in [1.807, 2.05) is 36.4 Å². The van der Waals surface area contributed by atoms with Gasteiger partial charge in [0.25, 0.3) is 0 Å². The number of rotatable bonds is 7. The number of aromatic amines is 1. The van der Waals surface area contributed by atoms with Crippen LogP contribution in [0.15, 0.2) is 66.7 Å². The van der Waals surface area contributed by atoms with E-state index < -0.39 is 18.3 Å². The third-order valence-electron chi connectivity index (χ3n) is 7.80. The predicted octanol–water partition coefficient (Wildman–Crippen LogP) is 5.01. The molecular formula is C31H30N2O5. The van der Waals surface area contributed by atoms with Crippen LogP contribution >= 0.6 is 0 Å². The van der Waals surface area contributed by atoms with Crippen molar-refractivity contribution in [3.63, 3.8) is 0 Å². The van der Waals surface area contributed by atoms with Crippen molar-refractivity contribution in [1.82, 2.24) is 10.3 Å². The molecule has 7 heteroatoms. The first-order chi connectivity index (χ1) is 18.5. The van der Waals surface area contributed by atoms with Gasteiger partial charge in [-0.15, -0.1) is 0 Å². The first-order valence-electron chi connectivity index (χ1n) is 13.1. The molecule has 1 amide bonds. The molecule has 0 fully saturated rings. The van der Waals surface area contributed by atoms with E-state index in [9.17, 15) is 19.8 Å². The van der Waals surface area contributed by atoms with Gasteiger partial charge in [-0.2, -0.15) is 0 Å². The molecule has 6 rings (SSSR count). The summed E-state index contributed by atoms with van der Waals surface area (Å²) in [5, 5.41) is 25.0. The highest BCUT2D eigenvalue weighted by molar-refractivity contribution is 6.03. The number of benzene rings is 3. The van der Waals surface area contributed by atoms with Gasteiger partial charge >= 0.3 is 6.09 Å². The average molecular weight is 511 g/mol. The Bertz CT molecular complexity index is 1480. The molecule has 0 bridgehead atoms. The fourth-order valence-corrected chi connectivity index (χ4v) is 5.85. The number of aryl methyl sites for hydroxylation is 1. The molecule has 194 valence electrons. The van der Waals surface area contributed by atoms with E-state index in [2.05, 4.69) is 34.6 Å². The zero-order valence-electron chi connectivity index (χ0n) is 20.9. The van der Waals surface area contributed by atoms with Crippen molar-refractivity contribution in [2.24, 2.45) is 0 Å². The summed E-state index contributed by atoms with van der Waals surface area (Å²) in [6.45, 7) is 0.375. The maximum atomic E-state index is 12.4. The highest BCUT2D eigenvalue weighted by atomic mass is 16.5. The maximum absolute atomic E-state index is 12.4. The van der Waals surface area contributed by atoms with Gasteiger partial charge in [0, 0.05) is 29.8 Å². The number of hydrogen-bond acceptors (Lipinski definition) is 5. The lowest BCUT2D eigenvalue weighted by Crippen LogP contribution is -2.30. The minimum Gasteiger partial charge on any atom is -0.449 e. The molecule has 0 aliphatic heterocycles. The largest absolute Gasteiger partial charge is 0.449 e. The van der Waals surface area contributed by atoms with Gasteiger partial charge < -0.3 is 25.3 Å². The van der Waals surface area contributed by atoms with Crippen LogP contribution in [0.1, 0.15) is 64.0 Å². The number of aliphatic hydroxyl groups is 2. The van der Waals surface area contributed by atoms with Crippen molar-refractivity contribution in [3.8, 4) is 11.1 Å². The van der Waals surface area contributed by atoms with Crippen molar-refractivity contribution < 1.29 is 24.5 Å². The second kappa shape index (κ2) is 10.1. The van der Waals surface area contributed by atoms with Crippen LogP contribution in [0.3, 0.4) is 0 Å². The van der Waals surface area contributed by atoms with Crippen LogP contribution in [-0.2, 0) is 11.2 Å². The maximum Gasteiger partial charge on any atom is 0.407 e. The molecule has 0 saturated carbocycles. The SMILES string of the molecule is O=C(NCCC(O)C(O)c1ccc2[nH]c3c(c2c1)CCCC3=O)OCC1c2ccccc2-c2ccccc21. The van der Waals surface area contributed by atoms with Crippen molar-refractivity contribution in [1.29, 1.82) is 0 Å². The van der Waals surface area contributed by atoms with Crippen molar-refractivity contribution in [2.45, 2.75) is 43.8 Å². The molecule has 2 atom stereocenters. The van der Waals surface area contributed by atoms with E-state index in [1.54, 1.807) is 6.07 Å². The van der Waals surface area contributed by atoms with Crippen molar-refractivity contribution >= 4 is 22.8 Å². The van der Waals surface area contributed by atoms with Crippen LogP contribution in [0.25, 0.3) is 22.0 Å². The van der Waals surface area contributed by atoms with E-state index in [4.69, 9.17) is 4.74 Å². The molecule has 4 aromatic rings. The van der Waals surface area contributed by atoms with Gasteiger partial charge in [-0.1, -0.05) is 54.6 Å². The van der Waals surface area contributed by atoms with E-state index in [0.717, 1.165) is 40.4 Å². The smallest absolute Gasteiger partial charge is 0.407 e. The molecule has 7 nitrogen and oxygen atoms in total. The number of carbonyl (C=O) groups excluding carboxylic acids is 2. The Kier molecular flexibility index (Phi) is 6.47. The van der Waals surface area contributed by atoms with Crippen LogP contribution in [0.5, 0.6) is 0 Å². The summed E-state index contributed by atoms with van der Waals surface area (Å²) in [6, 6.07) is 21.7. The number of nitrogens with one attached hydrogen (secondary N) is 2. The van der Waals surface area contributed by atoms with Gasteiger partial charge in [0.15, 0.2) is 5.78 Å². The summed E-state index contributed by atoms with van der Waals surface area (Å²) in [5.74, 6) is 0.0915. The van der Waals surface area contributed by atoms with Crippen molar-refractivity contribution in [3.05, 3.63) is 94.7 Å². The number of aromatic nitrogens is 1. The number of amides is 1. The molecule has 2 aliphatic rings. The fourth-order valence-electron chi connectivity index (χ4n) is 5.85. The second-order valence-corrected chi connectivity index (χ2v) is 10.1. The van der Waals surface area contributed by atoms with E-state index in [-0.39, 0.29) is 31.3 Å². The molecule has 1 heterocycles. The lowest BCUT2D eigenvalue weighted by Gasteiger charge is -2.19. The van der Waals surface area contributed by atoms with E-state index in [1.165, 1.54) is 11.1 Å². The number of H-pyrrole nitrogens is 1. The summed E-state index contributed by atoms with van der Waals surface area (Å²) in [4.78, 5) is 27.8. The molecule has 2 aliphatic carbocycles. The first kappa shape index (κ1) is 24.4. The van der Waals surface area contributed by atoms with Crippen LogP contribution in [0.2, 0.25) is 0 Å². The number of hydrogen-bond donors (Lipinski definition) is 4. The van der Waals surface area contributed by atoms with Gasteiger partial charge in [-0.3, -0.25) is 4.79 Å². The Morgan fingerprint density at radius 3 is 2.45 bits per heavy atom. The molecular weight excluding hydrogens is 480 g/mol. The van der Waals surface area contributed by atoms with Crippen LogP contribution < -0.4 is 5.32 Å². The minimum absolute atomic E-state index is 0.0232. The van der Waals surface area contributed by atoms with Crippen molar-refractivity contribution in [2.75, 3.05) is 13.2 Å². The number of Topliss-reactive ketones (excluding diaryl/α,β-unsaturated/α-hetero) is 1. The molecule has 1 aromatic heterocycles. The third kappa shape index (κ3) is 4.38. The van der Waals surface area contributed by atoms with Gasteiger partial charge in [0.05, 0.1) is 11.8 Å². The number of ketones is 1. The molecule has 3 aromatic carbocycles. The first-order valence-corrected chi connectivity index (χ1v) is 13.1. The lowest BCUT2D eigenvalue weighted by molar-refractivity contribution is 0.0137. The Balaban J connectivity index is 1.04. The van der Waals surface area contributed by atoms with Crippen LogP contribution in [0, 0.1) is 0 Å². The molecule has 0 saturated heterocycles. The van der Waals surface area contributed by atoms with E-state index >= 15 is 0 Å². The normalized spacial score (nSPS) is 16.0. The predicted molar refractivity (Wildman–Crippen MR) is 144 cm³/mol. The monoisotopic (exact) mass is 510 g/mol. The van der Waals surface area contributed by atoms with Gasteiger partial charge in [0.1, 0.15) is 12.7 Å². The summed E-state index contributed by atoms with van der Waals surface area (Å²) in [6.07, 6.45) is -0.411. The van der Waals surface area contributed by atoms with Gasteiger partial charge in [-0.05, 0) is 64.8 Å². The number of ether oxygens (including phenoxy) is 1.